The van der Waals surface area contributed by atoms with Gasteiger partial charge in [-0.25, -0.2) is 0 Å². The molecule has 2 aromatic carbocycles. The fraction of sp³-hybridized carbons (Fsp3) is 0.222. The first-order valence-electron chi connectivity index (χ1n) is 7.33. The van der Waals surface area contributed by atoms with Gasteiger partial charge in [-0.1, -0.05) is 36.4 Å². The van der Waals surface area contributed by atoms with Crippen LogP contribution in [-0.4, -0.2) is 22.2 Å². The highest BCUT2D eigenvalue weighted by molar-refractivity contribution is 5.85. The second kappa shape index (κ2) is 7.98. The first-order chi connectivity index (χ1) is 11.1. The van der Waals surface area contributed by atoms with E-state index in [0.717, 1.165) is 0 Å². The molecule has 2 rings (SSSR count). The van der Waals surface area contributed by atoms with Crippen molar-refractivity contribution in [2.75, 3.05) is 0 Å². The summed E-state index contributed by atoms with van der Waals surface area (Å²) in [5.41, 5.74) is 1.26. The van der Waals surface area contributed by atoms with Crippen LogP contribution < -0.4 is 0 Å². The lowest BCUT2D eigenvalue weighted by Gasteiger charge is -2.06. The number of aromatic hydroxyl groups is 2. The third kappa shape index (κ3) is 5.14. The Morgan fingerprint density at radius 2 is 1.13 bits per heavy atom. The van der Waals surface area contributed by atoms with Crippen molar-refractivity contribution in [1.29, 1.82) is 0 Å². The number of carbonyl (C=O) groups is 2. The van der Waals surface area contributed by atoms with Gasteiger partial charge in [0.2, 0.25) is 0 Å². The molecule has 0 aliphatic heterocycles. The van der Waals surface area contributed by atoms with Crippen molar-refractivity contribution in [3.05, 3.63) is 59.7 Å². The van der Waals surface area contributed by atoms with Crippen molar-refractivity contribution in [2.24, 2.45) is 0 Å². The van der Waals surface area contributed by atoms with Crippen LogP contribution in [0.3, 0.4) is 0 Å². The second-order valence-corrected chi connectivity index (χ2v) is 5.10. The third-order valence-corrected chi connectivity index (χ3v) is 3.41. The highest BCUT2D eigenvalue weighted by atomic mass is 16.6. The summed E-state index contributed by atoms with van der Waals surface area (Å²) in [4.78, 5) is 23.3. The van der Waals surface area contributed by atoms with Crippen LogP contribution in [0.4, 0.5) is 0 Å². The first-order valence-corrected chi connectivity index (χ1v) is 7.33. The van der Waals surface area contributed by atoms with E-state index in [1.54, 1.807) is 36.4 Å². The Balaban J connectivity index is 1.76. The fourth-order valence-corrected chi connectivity index (χ4v) is 2.15. The Morgan fingerprint density at radius 3 is 1.52 bits per heavy atom. The molecule has 2 N–H and O–H groups in total. The molecule has 0 aliphatic rings. The first kappa shape index (κ1) is 16.5. The van der Waals surface area contributed by atoms with E-state index < -0.39 is 11.9 Å². The molecule has 0 spiro atoms. The van der Waals surface area contributed by atoms with Crippen LogP contribution in [0.15, 0.2) is 48.5 Å². The van der Waals surface area contributed by atoms with Crippen molar-refractivity contribution >= 4 is 11.9 Å². The average molecular weight is 314 g/mol. The standard InChI is InChI=1S/C18H18O5/c19-15-7-3-1-5-13(15)9-11-17(21)23-18(22)12-10-14-6-2-4-8-16(14)20/h1-8,19-20H,9-12H2. The monoisotopic (exact) mass is 314 g/mol. The van der Waals surface area contributed by atoms with Gasteiger partial charge < -0.3 is 14.9 Å². The van der Waals surface area contributed by atoms with Gasteiger partial charge in [-0.2, -0.15) is 0 Å². The highest BCUT2D eigenvalue weighted by Gasteiger charge is 2.12. The van der Waals surface area contributed by atoms with Gasteiger partial charge in [0, 0.05) is 0 Å². The van der Waals surface area contributed by atoms with Crippen LogP contribution >= 0.6 is 0 Å². The summed E-state index contributed by atoms with van der Waals surface area (Å²) in [6.07, 6.45) is 0.635. The number of carbonyl (C=O) groups excluding carboxylic acids is 2. The molecular formula is C18H18O5. The number of benzene rings is 2. The molecule has 0 bridgehead atoms. The predicted molar refractivity (Wildman–Crippen MR) is 84.0 cm³/mol. The zero-order valence-electron chi connectivity index (χ0n) is 12.6. The molecule has 0 saturated heterocycles. The molecule has 120 valence electrons. The van der Waals surface area contributed by atoms with Crippen LogP contribution in [0, 0.1) is 0 Å². The van der Waals surface area contributed by atoms with Gasteiger partial charge >= 0.3 is 11.9 Å². The number of hydrogen-bond acceptors (Lipinski definition) is 5. The van der Waals surface area contributed by atoms with E-state index in [0.29, 0.717) is 24.0 Å². The van der Waals surface area contributed by atoms with Gasteiger partial charge in [0.25, 0.3) is 0 Å². The summed E-state index contributed by atoms with van der Waals surface area (Å²) in [7, 11) is 0. The molecule has 0 saturated carbocycles. The van der Waals surface area contributed by atoms with Gasteiger partial charge in [0.1, 0.15) is 11.5 Å². The van der Waals surface area contributed by atoms with Crippen molar-refractivity contribution in [3.63, 3.8) is 0 Å². The molecular weight excluding hydrogens is 296 g/mol. The van der Waals surface area contributed by atoms with Gasteiger partial charge in [-0.3, -0.25) is 9.59 Å². The number of esters is 2. The van der Waals surface area contributed by atoms with Crippen molar-refractivity contribution in [1.82, 2.24) is 0 Å². The summed E-state index contributed by atoms with van der Waals surface area (Å²) in [5.74, 6) is -1.02. The van der Waals surface area contributed by atoms with Crippen molar-refractivity contribution < 1.29 is 24.5 Å². The van der Waals surface area contributed by atoms with Crippen LogP contribution in [0.25, 0.3) is 0 Å². The van der Waals surface area contributed by atoms with Gasteiger partial charge in [-0.05, 0) is 36.1 Å². The lowest BCUT2D eigenvalue weighted by Crippen LogP contribution is -2.13. The summed E-state index contributed by atoms with van der Waals surface area (Å²) in [5, 5.41) is 19.2. The maximum atomic E-state index is 11.6. The molecule has 0 aromatic heterocycles. The molecule has 0 aliphatic carbocycles. The molecule has 2 aromatic rings. The Hall–Kier alpha value is -2.82. The SMILES string of the molecule is O=C(CCc1ccccc1O)OC(=O)CCc1ccccc1O. The number of phenolic OH excluding ortho intramolecular Hbond substituents is 2. The number of phenols is 2. The quantitative estimate of drug-likeness (QED) is 0.632. The van der Waals surface area contributed by atoms with E-state index in [-0.39, 0.29) is 24.3 Å². The highest BCUT2D eigenvalue weighted by Crippen LogP contribution is 2.18. The molecule has 0 radical (unpaired) electrons. The van der Waals surface area contributed by atoms with E-state index >= 15 is 0 Å². The predicted octanol–water partition coefficient (Wildman–Crippen LogP) is 2.73. The number of rotatable bonds is 6. The minimum absolute atomic E-state index is 0.0138. The Kier molecular flexibility index (Phi) is 5.74. The van der Waals surface area contributed by atoms with Crippen molar-refractivity contribution in [2.45, 2.75) is 25.7 Å². The largest absolute Gasteiger partial charge is 0.508 e. The lowest BCUT2D eigenvalue weighted by atomic mass is 10.1. The summed E-state index contributed by atoms with van der Waals surface area (Å²) < 4.78 is 4.73. The average Bonchev–Trinajstić information content (AvgIpc) is 2.53. The fourth-order valence-electron chi connectivity index (χ4n) is 2.15. The van der Waals surface area contributed by atoms with Gasteiger partial charge in [-0.15, -0.1) is 0 Å². The number of ether oxygens (including phenoxy) is 1. The van der Waals surface area contributed by atoms with E-state index in [1.807, 2.05) is 0 Å². The molecule has 0 unspecified atom stereocenters. The lowest BCUT2D eigenvalue weighted by molar-refractivity contribution is -0.159. The number of hydrogen-bond donors (Lipinski definition) is 2. The topological polar surface area (TPSA) is 83.8 Å². The van der Waals surface area contributed by atoms with E-state index in [4.69, 9.17) is 4.74 Å². The molecule has 23 heavy (non-hydrogen) atoms. The molecule has 5 nitrogen and oxygen atoms in total. The summed E-state index contributed by atoms with van der Waals surface area (Å²) in [6.45, 7) is 0. The van der Waals surface area contributed by atoms with Gasteiger partial charge in [0.05, 0.1) is 12.8 Å². The molecule has 0 fully saturated rings. The molecule has 0 heterocycles. The maximum absolute atomic E-state index is 11.6. The molecule has 0 atom stereocenters. The van der Waals surface area contributed by atoms with E-state index in [1.165, 1.54) is 12.1 Å². The normalized spacial score (nSPS) is 10.3. The van der Waals surface area contributed by atoms with Gasteiger partial charge in [0.15, 0.2) is 0 Å². The smallest absolute Gasteiger partial charge is 0.313 e. The Labute approximate surface area is 134 Å². The zero-order valence-corrected chi connectivity index (χ0v) is 12.6. The Bertz CT molecular complexity index is 634. The van der Waals surface area contributed by atoms with Crippen LogP contribution in [-0.2, 0) is 27.2 Å². The second-order valence-electron chi connectivity index (χ2n) is 5.10. The van der Waals surface area contributed by atoms with E-state index in [2.05, 4.69) is 0 Å². The molecule has 5 heteroatoms. The zero-order chi connectivity index (χ0) is 16.7. The number of para-hydroxylation sites is 2. The number of aryl methyl sites for hydroxylation is 2. The maximum Gasteiger partial charge on any atom is 0.313 e. The molecule has 0 amide bonds. The summed E-state index contributed by atoms with van der Waals surface area (Å²) in [6, 6.07) is 13.4. The third-order valence-electron chi connectivity index (χ3n) is 3.41. The van der Waals surface area contributed by atoms with Crippen LogP contribution in [0.1, 0.15) is 24.0 Å². The van der Waals surface area contributed by atoms with Crippen molar-refractivity contribution in [3.8, 4) is 11.5 Å². The van der Waals surface area contributed by atoms with Crippen LogP contribution in [0.5, 0.6) is 11.5 Å². The summed E-state index contributed by atoms with van der Waals surface area (Å²) >= 11 is 0. The minimum Gasteiger partial charge on any atom is -0.508 e. The minimum atomic E-state index is -0.629. The van der Waals surface area contributed by atoms with Crippen LogP contribution in [0.2, 0.25) is 0 Å². The van der Waals surface area contributed by atoms with E-state index in [9.17, 15) is 19.8 Å². The Morgan fingerprint density at radius 1 is 0.739 bits per heavy atom.